The third-order valence-electron chi connectivity index (χ3n) is 4.33. The number of hydrogen-bond acceptors (Lipinski definition) is 5. The van der Waals surface area contributed by atoms with Crippen molar-refractivity contribution >= 4 is 5.96 Å². The van der Waals surface area contributed by atoms with E-state index >= 15 is 0 Å². The van der Waals surface area contributed by atoms with E-state index in [9.17, 15) is 0 Å². The highest BCUT2D eigenvalue weighted by Gasteiger charge is 2.41. The van der Waals surface area contributed by atoms with Gasteiger partial charge >= 0.3 is 0 Å². The second-order valence-electron chi connectivity index (χ2n) is 5.88. The van der Waals surface area contributed by atoms with E-state index in [4.69, 9.17) is 9.47 Å². The molecule has 0 aromatic heterocycles. The SMILES string of the molecule is CN1CCN=C1NCC1COC2(CCCCCC2)O1. The van der Waals surface area contributed by atoms with E-state index in [2.05, 4.69) is 22.3 Å². The molecule has 1 spiro atoms. The van der Waals surface area contributed by atoms with E-state index < -0.39 is 0 Å². The van der Waals surface area contributed by atoms with Crippen LogP contribution in [-0.4, -0.2) is 56.0 Å². The molecule has 19 heavy (non-hydrogen) atoms. The fourth-order valence-corrected chi connectivity index (χ4v) is 3.18. The van der Waals surface area contributed by atoms with Gasteiger partial charge in [-0.25, -0.2) is 0 Å². The maximum atomic E-state index is 6.21. The van der Waals surface area contributed by atoms with E-state index in [1.165, 1.54) is 25.7 Å². The predicted octanol–water partition coefficient (Wildman–Crippen LogP) is 1.34. The van der Waals surface area contributed by atoms with Gasteiger partial charge < -0.3 is 19.7 Å². The molecule has 3 rings (SSSR count). The van der Waals surface area contributed by atoms with E-state index in [0.29, 0.717) is 6.61 Å². The van der Waals surface area contributed by atoms with Crippen molar-refractivity contribution in [3.05, 3.63) is 0 Å². The lowest BCUT2D eigenvalue weighted by atomic mass is 10.1. The molecule has 0 aromatic carbocycles. The van der Waals surface area contributed by atoms with Crippen LogP contribution in [0.15, 0.2) is 4.99 Å². The lowest BCUT2D eigenvalue weighted by Crippen LogP contribution is -2.41. The minimum Gasteiger partial charge on any atom is -0.354 e. The molecular formula is C14H25N3O2. The maximum Gasteiger partial charge on any atom is 0.193 e. The van der Waals surface area contributed by atoms with E-state index in [0.717, 1.165) is 38.4 Å². The average Bonchev–Trinajstić information content (AvgIpc) is 2.90. The van der Waals surface area contributed by atoms with Crippen LogP contribution in [0.3, 0.4) is 0 Å². The molecule has 0 radical (unpaired) electrons. The molecule has 0 amide bonds. The minimum atomic E-state index is -0.272. The van der Waals surface area contributed by atoms with Gasteiger partial charge in [-0.2, -0.15) is 0 Å². The summed E-state index contributed by atoms with van der Waals surface area (Å²) in [4.78, 5) is 6.58. The summed E-state index contributed by atoms with van der Waals surface area (Å²) in [5.74, 6) is 0.720. The Morgan fingerprint density at radius 3 is 2.79 bits per heavy atom. The predicted molar refractivity (Wildman–Crippen MR) is 74.2 cm³/mol. The van der Waals surface area contributed by atoms with Crippen molar-refractivity contribution in [1.82, 2.24) is 10.2 Å². The van der Waals surface area contributed by atoms with Crippen LogP contribution in [0, 0.1) is 0 Å². The molecule has 2 aliphatic heterocycles. The summed E-state index contributed by atoms with van der Waals surface area (Å²) < 4.78 is 12.2. The van der Waals surface area contributed by atoms with Crippen molar-refractivity contribution in [3.8, 4) is 0 Å². The van der Waals surface area contributed by atoms with Crippen molar-refractivity contribution in [2.24, 2.45) is 4.99 Å². The zero-order chi connectivity index (χ0) is 13.1. The van der Waals surface area contributed by atoms with E-state index in [-0.39, 0.29) is 11.9 Å². The standard InChI is InChI=1S/C14H25N3O2/c1-17-9-8-15-13(17)16-10-12-11-18-14(19-12)6-4-2-3-5-7-14/h12H,2-11H2,1H3,(H,15,16). The summed E-state index contributed by atoms with van der Waals surface area (Å²) >= 11 is 0. The summed E-state index contributed by atoms with van der Waals surface area (Å²) in [6.45, 7) is 3.41. The third kappa shape index (κ3) is 3.03. The Hall–Kier alpha value is -0.810. The van der Waals surface area contributed by atoms with Gasteiger partial charge in [-0.1, -0.05) is 12.8 Å². The summed E-state index contributed by atoms with van der Waals surface area (Å²) in [6, 6.07) is 0. The molecule has 2 fully saturated rings. The summed E-state index contributed by atoms with van der Waals surface area (Å²) in [5, 5.41) is 3.38. The first kappa shape index (κ1) is 13.2. The molecule has 1 atom stereocenters. The molecule has 1 N–H and O–H groups in total. The molecule has 1 unspecified atom stereocenters. The molecule has 1 saturated carbocycles. The van der Waals surface area contributed by atoms with E-state index in [1.807, 2.05) is 0 Å². The van der Waals surface area contributed by atoms with Gasteiger partial charge in [-0.15, -0.1) is 0 Å². The van der Waals surface area contributed by atoms with Crippen LogP contribution in [0.25, 0.3) is 0 Å². The van der Waals surface area contributed by atoms with Gasteiger partial charge in [0.15, 0.2) is 11.7 Å². The molecule has 0 aromatic rings. The fourth-order valence-electron chi connectivity index (χ4n) is 3.18. The molecule has 5 heteroatoms. The van der Waals surface area contributed by atoms with Crippen LogP contribution >= 0.6 is 0 Å². The van der Waals surface area contributed by atoms with Gasteiger partial charge in [-0.05, 0) is 12.8 Å². The Balaban J connectivity index is 1.48. The molecule has 5 nitrogen and oxygen atoms in total. The second-order valence-corrected chi connectivity index (χ2v) is 5.88. The molecule has 1 aliphatic carbocycles. The second kappa shape index (κ2) is 5.67. The summed E-state index contributed by atoms with van der Waals surface area (Å²) in [6.07, 6.45) is 7.38. The normalized spacial score (nSPS) is 30.5. The molecule has 2 heterocycles. The molecule has 3 aliphatic rings. The Labute approximate surface area is 115 Å². The highest BCUT2D eigenvalue weighted by molar-refractivity contribution is 5.81. The lowest BCUT2D eigenvalue weighted by Gasteiger charge is -2.26. The Morgan fingerprint density at radius 1 is 1.32 bits per heavy atom. The van der Waals surface area contributed by atoms with Crippen LogP contribution < -0.4 is 5.32 Å². The highest BCUT2D eigenvalue weighted by atomic mass is 16.7. The zero-order valence-corrected chi connectivity index (χ0v) is 11.9. The number of aliphatic imine (C=N–C) groups is 1. The summed E-state index contributed by atoms with van der Waals surface area (Å²) in [7, 11) is 2.07. The first-order chi connectivity index (χ1) is 9.27. The third-order valence-corrected chi connectivity index (χ3v) is 4.33. The number of guanidine groups is 1. The van der Waals surface area contributed by atoms with Crippen molar-refractivity contribution in [2.75, 3.05) is 33.3 Å². The number of likely N-dealkylation sites (N-methyl/N-ethyl adjacent to an activating group) is 1. The van der Waals surface area contributed by atoms with Crippen LogP contribution in [0.5, 0.6) is 0 Å². The van der Waals surface area contributed by atoms with Gasteiger partial charge in [0.25, 0.3) is 0 Å². The first-order valence-electron chi connectivity index (χ1n) is 7.59. The Kier molecular flexibility index (Phi) is 3.93. The maximum absolute atomic E-state index is 6.21. The molecule has 108 valence electrons. The monoisotopic (exact) mass is 267 g/mol. The van der Waals surface area contributed by atoms with E-state index in [1.54, 1.807) is 0 Å². The lowest BCUT2D eigenvalue weighted by molar-refractivity contribution is -0.175. The largest absolute Gasteiger partial charge is 0.354 e. The molecule has 0 bridgehead atoms. The number of hydrogen-bond donors (Lipinski definition) is 1. The number of nitrogens with one attached hydrogen (secondary N) is 1. The summed E-state index contributed by atoms with van der Waals surface area (Å²) in [5.41, 5.74) is 0. The van der Waals surface area contributed by atoms with Crippen molar-refractivity contribution < 1.29 is 9.47 Å². The van der Waals surface area contributed by atoms with Crippen LogP contribution in [0.4, 0.5) is 0 Å². The zero-order valence-electron chi connectivity index (χ0n) is 11.9. The number of nitrogens with zero attached hydrogens (tertiary/aromatic N) is 2. The highest BCUT2D eigenvalue weighted by Crippen LogP contribution is 2.36. The molecular weight excluding hydrogens is 242 g/mol. The first-order valence-corrected chi connectivity index (χ1v) is 7.59. The van der Waals surface area contributed by atoms with Gasteiger partial charge in [0.2, 0.25) is 0 Å². The Morgan fingerprint density at radius 2 is 2.11 bits per heavy atom. The average molecular weight is 267 g/mol. The van der Waals surface area contributed by atoms with Crippen LogP contribution in [-0.2, 0) is 9.47 Å². The topological polar surface area (TPSA) is 46.1 Å². The number of rotatable bonds is 2. The van der Waals surface area contributed by atoms with Crippen molar-refractivity contribution in [2.45, 2.75) is 50.4 Å². The smallest absolute Gasteiger partial charge is 0.193 e. The molecule has 1 saturated heterocycles. The minimum absolute atomic E-state index is 0.162. The van der Waals surface area contributed by atoms with Gasteiger partial charge in [0.05, 0.1) is 13.2 Å². The Bertz CT molecular complexity index is 338. The van der Waals surface area contributed by atoms with Crippen LogP contribution in [0.2, 0.25) is 0 Å². The van der Waals surface area contributed by atoms with Gasteiger partial charge in [0.1, 0.15) is 6.10 Å². The van der Waals surface area contributed by atoms with Gasteiger partial charge in [-0.3, -0.25) is 4.99 Å². The van der Waals surface area contributed by atoms with Crippen LogP contribution in [0.1, 0.15) is 38.5 Å². The van der Waals surface area contributed by atoms with Gasteiger partial charge in [0, 0.05) is 33.0 Å². The quantitative estimate of drug-likeness (QED) is 0.820. The van der Waals surface area contributed by atoms with Crippen molar-refractivity contribution in [1.29, 1.82) is 0 Å². The number of ether oxygens (including phenoxy) is 2. The fraction of sp³-hybridized carbons (Fsp3) is 0.929. The van der Waals surface area contributed by atoms with Crippen molar-refractivity contribution in [3.63, 3.8) is 0 Å².